The minimum atomic E-state index is -1.01. The number of nitrogens with one attached hydrogen (secondary N) is 1. The highest BCUT2D eigenvalue weighted by Gasteiger charge is 2.56. The molecule has 3 aliphatic rings. The third kappa shape index (κ3) is 3.89. The SMILES string of the molecule is COc1ccc(C(=O)N2CCC3(C2)C(=NC2CCCC2)NC(=O)N3c2cc(F)cc(F)c2)cc1. The molecule has 7 nitrogen and oxygen atoms in total. The topological polar surface area (TPSA) is 74.2 Å². The smallest absolute Gasteiger partial charge is 0.328 e. The number of hydrogen-bond donors (Lipinski definition) is 1. The van der Waals surface area contributed by atoms with E-state index in [0.29, 0.717) is 30.1 Å². The molecule has 2 aliphatic heterocycles. The molecule has 5 rings (SSSR count). The number of methoxy groups -OCH3 is 1. The van der Waals surface area contributed by atoms with Gasteiger partial charge in [0.1, 0.15) is 28.8 Å². The summed E-state index contributed by atoms with van der Waals surface area (Å²) >= 11 is 0. The third-order valence-electron chi connectivity index (χ3n) is 6.91. The average molecular weight is 469 g/mol. The number of amides is 3. The molecule has 0 aromatic heterocycles. The summed E-state index contributed by atoms with van der Waals surface area (Å²) in [4.78, 5) is 34.3. The number of nitrogens with zero attached hydrogens (tertiary/aromatic N) is 3. The minimum Gasteiger partial charge on any atom is -0.497 e. The summed E-state index contributed by atoms with van der Waals surface area (Å²) in [5, 5.41) is 2.85. The summed E-state index contributed by atoms with van der Waals surface area (Å²) in [6.45, 7) is 0.540. The lowest BCUT2D eigenvalue weighted by atomic mass is 9.95. The standard InChI is InChI=1S/C25H26F2N4O3/c1-34-21-8-6-16(7-9-21)22(32)30-11-10-25(15-30)23(28-19-4-2-3-5-19)29-24(33)31(25)20-13-17(26)12-18(27)14-20/h6-9,12-14,19H,2-5,10-11,15H2,1H3,(H,28,29,33). The van der Waals surface area contributed by atoms with Crippen LogP contribution in [0.5, 0.6) is 5.75 Å². The first-order chi connectivity index (χ1) is 16.4. The van der Waals surface area contributed by atoms with E-state index in [1.165, 1.54) is 4.90 Å². The van der Waals surface area contributed by atoms with Gasteiger partial charge in [0.05, 0.1) is 25.4 Å². The predicted molar refractivity (Wildman–Crippen MR) is 123 cm³/mol. The fourth-order valence-electron chi connectivity index (χ4n) is 5.23. The van der Waals surface area contributed by atoms with E-state index in [1.807, 2.05) is 0 Å². The molecule has 3 amide bonds. The van der Waals surface area contributed by atoms with Gasteiger partial charge < -0.3 is 9.64 Å². The molecule has 1 N–H and O–H groups in total. The quantitative estimate of drug-likeness (QED) is 0.733. The van der Waals surface area contributed by atoms with Crippen LogP contribution in [0, 0.1) is 11.6 Å². The molecule has 9 heteroatoms. The number of hydrogen-bond acceptors (Lipinski definition) is 4. The number of rotatable bonds is 4. The van der Waals surface area contributed by atoms with Crippen molar-refractivity contribution in [2.24, 2.45) is 4.99 Å². The highest BCUT2D eigenvalue weighted by Crippen LogP contribution is 2.39. The lowest BCUT2D eigenvalue weighted by Crippen LogP contribution is -2.53. The lowest BCUT2D eigenvalue weighted by Gasteiger charge is -2.33. The number of ether oxygens (including phenoxy) is 1. The van der Waals surface area contributed by atoms with E-state index in [2.05, 4.69) is 5.32 Å². The normalized spacial score (nSPS) is 23.9. The van der Waals surface area contributed by atoms with Crippen LogP contribution in [-0.4, -0.2) is 54.5 Å². The van der Waals surface area contributed by atoms with E-state index in [0.717, 1.165) is 43.9 Å². The first-order valence-electron chi connectivity index (χ1n) is 11.5. The molecule has 0 radical (unpaired) electrons. The molecule has 1 aliphatic carbocycles. The molecule has 0 bridgehead atoms. The van der Waals surface area contributed by atoms with Crippen LogP contribution in [0.4, 0.5) is 19.3 Å². The van der Waals surface area contributed by atoms with Crippen molar-refractivity contribution < 1.29 is 23.1 Å². The summed E-state index contributed by atoms with van der Waals surface area (Å²) in [7, 11) is 1.56. The van der Waals surface area contributed by atoms with Gasteiger partial charge >= 0.3 is 6.03 Å². The number of anilines is 1. The van der Waals surface area contributed by atoms with Gasteiger partial charge in [-0.2, -0.15) is 0 Å². The number of halogens is 2. The number of carbonyl (C=O) groups is 2. The van der Waals surface area contributed by atoms with Gasteiger partial charge in [-0.3, -0.25) is 20.0 Å². The first-order valence-corrected chi connectivity index (χ1v) is 11.5. The monoisotopic (exact) mass is 468 g/mol. The van der Waals surface area contributed by atoms with E-state index in [9.17, 15) is 18.4 Å². The molecule has 1 spiro atoms. The number of benzene rings is 2. The lowest BCUT2D eigenvalue weighted by molar-refractivity contribution is 0.0788. The number of aliphatic imine (C=N–C) groups is 1. The Bertz CT molecular complexity index is 1130. The van der Waals surface area contributed by atoms with Crippen molar-refractivity contribution in [3.63, 3.8) is 0 Å². The van der Waals surface area contributed by atoms with Gasteiger partial charge in [-0.25, -0.2) is 13.6 Å². The van der Waals surface area contributed by atoms with Crippen LogP contribution in [0.1, 0.15) is 42.5 Å². The Hall–Kier alpha value is -3.49. The zero-order valence-corrected chi connectivity index (χ0v) is 18.9. The van der Waals surface area contributed by atoms with Crippen molar-refractivity contribution in [1.82, 2.24) is 10.2 Å². The second kappa shape index (κ2) is 8.70. The predicted octanol–water partition coefficient (Wildman–Crippen LogP) is 4.13. The molecule has 2 aromatic carbocycles. The van der Waals surface area contributed by atoms with Crippen LogP contribution in [0.3, 0.4) is 0 Å². The molecule has 2 heterocycles. The van der Waals surface area contributed by atoms with E-state index < -0.39 is 23.2 Å². The van der Waals surface area contributed by atoms with E-state index >= 15 is 0 Å². The molecule has 1 saturated carbocycles. The van der Waals surface area contributed by atoms with Crippen LogP contribution in [0.25, 0.3) is 0 Å². The molecule has 2 saturated heterocycles. The average Bonchev–Trinajstić information content (AvgIpc) is 3.54. The summed E-state index contributed by atoms with van der Waals surface area (Å²) in [5.74, 6) is -0.625. The number of amidine groups is 1. The maximum atomic E-state index is 14.1. The fourth-order valence-corrected chi connectivity index (χ4v) is 5.23. The van der Waals surface area contributed by atoms with Gasteiger partial charge in [-0.15, -0.1) is 0 Å². The van der Waals surface area contributed by atoms with Crippen molar-refractivity contribution >= 4 is 23.5 Å². The Morgan fingerprint density at radius 2 is 1.79 bits per heavy atom. The summed E-state index contributed by atoms with van der Waals surface area (Å²) in [6, 6.07) is 9.44. The zero-order valence-electron chi connectivity index (χ0n) is 18.9. The van der Waals surface area contributed by atoms with E-state index in [1.54, 1.807) is 36.3 Å². The van der Waals surface area contributed by atoms with Gasteiger partial charge in [0.15, 0.2) is 0 Å². The second-order valence-corrected chi connectivity index (χ2v) is 9.05. The van der Waals surface area contributed by atoms with Crippen molar-refractivity contribution in [3.05, 3.63) is 59.7 Å². The fraction of sp³-hybridized carbons (Fsp3) is 0.400. The maximum absolute atomic E-state index is 14.1. The van der Waals surface area contributed by atoms with E-state index in [-0.39, 0.29) is 24.2 Å². The Kier molecular flexibility index (Phi) is 5.71. The largest absolute Gasteiger partial charge is 0.497 e. The second-order valence-electron chi connectivity index (χ2n) is 9.05. The first kappa shape index (κ1) is 22.3. The molecule has 178 valence electrons. The Balaban J connectivity index is 1.51. The van der Waals surface area contributed by atoms with E-state index in [4.69, 9.17) is 9.73 Å². The molecular formula is C25H26F2N4O3. The highest BCUT2D eigenvalue weighted by molar-refractivity contribution is 6.19. The summed E-state index contributed by atoms with van der Waals surface area (Å²) in [5.41, 5.74) is -0.416. The van der Waals surface area contributed by atoms with Crippen molar-refractivity contribution in [1.29, 1.82) is 0 Å². The van der Waals surface area contributed by atoms with Gasteiger partial charge in [0, 0.05) is 18.2 Å². The Labute approximate surface area is 196 Å². The number of urea groups is 1. The molecular weight excluding hydrogens is 442 g/mol. The van der Waals surface area contributed by atoms with Crippen LogP contribution >= 0.6 is 0 Å². The zero-order chi connectivity index (χ0) is 23.9. The van der Waals surface area contributed by atoms with Crippen molar-refractivity contribution in [2.75, 3.05) is 25.1 Å². The molecule has 1 atom stereocenters. The van der Waals surface area contributed by atoms with Gasteiger partial charge in [0.25, 0.3) is 5.91 Å². The molecule has 1 unspecified atom stereocenters. The van der Waals surface area contributed by atoms with Gasteiger partial charge in [-0.1, -0.05) is 12.8 Å². The minimum absolute atomic E-state index is 0.0858. The van der Waals surface area contributed by atoms with Gasteiger partial charge in [0.2, 0.25) is 0 Å². The Morgan fingerprint density at radius 3 is 2.44 bits per heavy atom. The molecule has 34 heavy (non-hydrogen) atoms. The van der Waals surface area contributed by atoms with Crippen LogP contribution < -0.4 is 15.0 Å². The van der Waals surface area contributed by atoms with Crippen molar-refractivity contribution in [3.8, 4) is 5.75 Å². The van der Waals surface area contributed by atoms with Crippen molar-refractivity contribution in [2.45, 2.75) is 43.7 Å². The highest BCUT2D eigenvalue weighted by atomic mass is 19.1. The molecule has 2 aromatic rings. The van der Waals surface area contributed by atoms with Crippen LogP contribution in [-0.2, 0) is 0 Å². The van der Waals surface area contributed by atoms with Crippen LogP contribution in [0.15, 0.2) is 47.5 Å². The Morgan fingerprint density at radius 1 is 1.12 bits per heavy atom. The molecule has 3 fully saturated rings. The third-order valence-corrected chi connectivity index (χ3v) is 6.91. The van der Waals surface area contributed by atoms with Crippen LogP contribution in [0.2, 0.25) is 0 Å². The van der Waals surface area contributed by atoms with Gasteiger partial charge in [-0.05, 0) is 55.7 Å². The summed E-state index contributed by atoms with van der Waals surface area (Å²) in [6.07, 6.45) is 4.40. The maximum Gasteiger partial charge on any atom is 0.328 e. The number of carbonyl (C=O) groups excluding carboxylic acids is 2. The summed E-state index contributed by atoms with van der Waals surface area (Å²) < 4.78 is 33.4. The number of likely N-dealkylation sites (tertiary alicyclic amines) is 1.